The molecular weight excluding hydrogens is 356 g/mol. The van der Waals surface area contributed by atoms with E-state index in [1.165, 1.54) is 70.6 Å². The van der Waals surface area contributed by atoms with Crippen molar-refractivity contribution in [1.82, 2.24) is 0 Å². The van der Waals surface area contributed by atoms with Gasteiger partial charge in [0.05, 0.1) is 13.2 Å². The fourth-order valence-electron chi connectivity index (χ4n) is 3.65. The van der Waals surface area contributed by atoms with Gasteiger partial charge in [-0.2, -0.15) is 0 Å². The predicted molar refractivity (Wildman–Crippen MR) is 113 cm³/mol. The van der Waals surface area contributed by atoms with Gasteiger partial charge in [-0.05, 0) is 32.1 Å². The Labute approximate surface area is 172 Å². The Morgan fingerprint density at radius 1 is 0.929 bits per heavy atom. The molecule has 28 heavy (non-hydrogen) atoms. The second-order valence-electron chi connectivity index (χ2n) is 8.03. The van der Waals surface area contributed by atoms with Crippen LogP contribution in [0.3, 0.4) is 0 Å². The molecule has 1 saturated heterocycles. The second kappa shape index (κ2) is 17.4. The number of rotatable bonds is 18. The van der Waals surface area contributed by atoms with Gasteiger partial charge in [-0.25, -0.2) is 0 Å². The van der Waals surface area contributed by atoms with Gasteiger partial charge >= 0.3 is 0 Å². The highest BCUT2D eigenvalue weighted by Gasteiger charge is 2.40. The number of unbranched alkanes of at least 4 members (excludes halogenated alkanes) is 11. The van der Waals surface area contributed by atoms with Gasteiger partial charge in [0.25, 0.3) is 0 Å². The topological polar surface area (TPSA) is 79.2 Å². The van der Waals surface area contributed by atoms with Crippen molar-refractivity contribution in [2.75, 3.05) is 19.8 Å². The van der Waals surface area contributed by atoms with E-state index in [0.29, 0.717) is 6.61 Å². The summed E-state index contributed by atoms with van der Waals surface area (Å²) < 4.78 is 11.0. The predicted octanol–water partition coefficient (Wildman–Crippen LogP) is 4.13. The molecule has 0 aromatic rings. The van der Waals surface area contributed by atoms with E-state index in [9.17, 15) is 10.2 Å². The molecule has 0 aliphatic carbocycles. The summed E-state index contributed by atoms with van der Waals surface area (Å²) in [6.45, 7) is 2.58. The minimum atomic E-state index is -1.00. The van der Waals surface area contributed by atoms with E-state index in [0.717, 1.165) is 12.8 Å². The molecule has 0 saturated carbocycles. The maximum Gasteiger partial charge on any atom is 0.114 e. The lowest BCUT2D eigenvalue weighted by Crippen LogP contribution is -2.42. The van der Waals surface area contributed by atoms with Crippen LogP contribution >= 0.6 is 0 Å². The first-order valence-electron chi connectivity index (χ1n) is 11.6. The maximum atomic E-state index is 9.88. The van der Waals surface area contributed by atoms with Gasteiger partial charge < -0.3 is 24.8 Å². The number of hydrogen-bond acceptors (Lipinski definition) is 5. The fraction of sp³-hybridized carbons (Fsp3) is 0.913. The van der Waals surface area contributed by atoms with Crippen molar-refractivity contribution in [2.45, 2.75) is 115 Å². The second-order valence-corrected chi connectivity index (χ2v) is 8.03. The molecule has 0 radical (unpaired) electrons. The molecule has 1 aliphatic rings. The molecule has 0 spiro atoms. The van der Waals surface area contributed by atoms with Crippen LogP contribution in [0.4, 0.5) is 0 Å². The Kier molecular flexibility index (Phi) is 15.9. The smallest absolute Gasteiger partial charge is 0.114 e. The van der Waals surface area contributed by atoms with Crippen LogP contribution in [0.1, 0.15) is 90.4 Å². The van der Waals surface area contributed by atoms with Crippen molar-refractivity contribution < 1.29 is 24.8 Å². The zero-order chi connectivity index (χ0) is 20.5. The Hall–Kier alpha value is -0.460. The van der Waals surface area contributed by atoms with Gasteiger partial charge in [0.1, 0.15) is 24.4 Å². The first-order valence-corrected chi connectivity index (χ1v) is 11.6. The van der Waals surface area contributed by atoms with E-state index in [1.54, 1.807) is 0 Å². The summed E-state index contributed by atoms with van der Waals surface area (Å²) in [5.41, 5.74) is 0. The van der Waals surface area contributed by atoms with Crippen molar-refractivity contribution in [3.8, 4) is 0 Å². The third kappa shape index (κ3) is 11.5. The molecular formula is C23H44O5. The lowest BCUT2D eigenvalue weighted by Gasteiger charge is -2.23. The zero-order valence-electron chi connectivity index (χ0n) is 17.9. The summed E-state index contributed by atoms with van der Waals surface area (Å²) in [7, 11) is 0. The molecule has 3 N–H and O–H groups in total. The van der Waals surface area contributed by atoms with Crippen LogP contribution in [-0.4, -0.2) is 59.6 Å². The zero-order valence-corrected chi connectivity index (χ0v) is 17.9. The number of aliphatic hydroxyl groups is 3. The first kappa shape index (κ1) is 25.6. The summed E-state index contributed by atoms with van der Waals surface area (Å²) in [6, 6.07) is 0. The van der Waals surface area contributed by atoms with Gasteiger partial charge in [0.2, 0.25) is 0 Å². The van der Waals surface area contributed by atoms with Crippen molar-refractivity contribution in [3.05, 3.63) is 12.2 Å². The molecule has 0 unspecified atom stereocenters. The molecule has 0 aromatic carbocycles. The standard InChI is InChI=1S/C23H44O5/c1-2-3-4-5-6-7-8-9-10-11-12-13-14-15-16-17-27-23-21(26)19-28-22(23)20(25)18-24/h9-10,20-26H,2-8,11-19H2,1H3/b10-9+/t20-,21+,22+,23+/m1/s1. The average molecular weight is 401 g/mol. The van der Waals surface area contributed by atoms with Crippen LogP contribution in [0.5, 0.6) is 0 Å². The van der Waals surface area contributed by atoms with E-state index in [2.05, 4.69) is 19.1 Å². The molecule has 1 heterocycles. The number of aliphatic hydroxyl groups excluding tert-OH is 3. The Balaban J connectivity index is 1.89. The molecule has 1 fully saturated rings. The monoisotopic (exact) mass is 400 g/mol. The van der Waals surface area contributed by atoms with Gasteiger partial charge in [0.15, 0.2) is 0 Å². The molecule has 1 aliphatic heterocycles. The van der Waals surface area contributed by atoms with Gasteiger partial charge in [-0.3, -0.25) is 0 Å². The highest BCUT2D eigenvalue weighted by atomic mass is 16.6. The van der Waals surface area contributed by atoms with Gasteiger partial charge in [-0.15, -0.1) is 0 Å². The van der Waals surface area contributed by atoms with E-state index in [4.69, 9.17) is 14.6 Å². The molecule has 166 valence electrons. The van der Waals surface area contributed by atoms with E-state index in [1.807, 2.05) is 0 Å². The Morgan fingerprint density at radius 2 is 1.50 bits per heavy atom. The van der Waals surface area contributed by atoms with E-state index < -0.39 is 24.4 Å². The summed E-state index contributed by atoms with van der Waals surface area (Å²) in [6.07, 6.45) is 18.1. The van der Waals surface area contributed by atoms with Crippen molar-refractivity contribution in [2.24, 2.45) is 0 Å². The minimum absolute atomic E-state index is 0.152. The highest BCUT2D eigenvalue weighted by molar-refractivity contribution is 4.89. The first-order chi connectivity index (χ1) is 13.7. The van der Waals surface area contributed by atoms with Crippen molar-refractivity contribution in [3.63, 3.8) is 0 Å². The molecule has 5 nitrogen and oxygen atoms in total. The molecule has 5 heteroatoms. The number of hydrogen-bond donors (Lipinski definition) is 3. The average Bonchev–Trinajstić information content (AvgIpc) is 3.07. The molecule has 1 rings (SSSR count). The lowest BCUT2D eigenvalue weighted by atomic mass is 10.1. The molecule has 0 amide bonds. The largest absolute Gasteiger partial charge is 0.394 e. The molecule has 0 aromatic heterocycles. The summed E-state index contributed by atoms with van der Waals surface area (Å²) >= 11 is 0. The van der Waals surface area contributed by atoms with Gasteiger partial charge in [0, 0.05) is 6.61 Å². The van der Waals surface area contributed by atoms with E-state index >= 15 is 0 Å². The Bertz CT molecular complexity index is 374. The third-order valence-electron chi connectivity index (χ3n) is 5.45. The minimum Gasteiger partial charge on any atom is -0.394 e. The van der Waals surface area contributed by atoms with Gasteiger partial charge in [-0.1, -0.05) is 70.4 Å². The van der Waals surface area contributed by atoms with Crippen molar-refractivity contribution >= 4 is 0 Å². The van der Waals surface area contributed by atoms with Crippen molar-refractivity contribution in [1.29, 1.82) is 0 Å². The maximum absolute atomic E-state index is 9.88. The van der Waals surface area contributed by atoms with Crippen LogP contribution in [0.25, 0.3) is 0 Å². The molecule has 4 atom stereocenters. The van der Waals surface area contributed by atoms with Crippen LogP contribution < -0.4 is 0 Å². The summed E-state index contributed by atoms with van der Waals surface area (Å²) in [5, 5.41) is 28.6. The SMILES string of the molecule is CCCCCCCC/C=C/CCCCCCCO[C@@H]1[C@H]([C@H](O)CO)OC[C@@H]1O. The van der Waals surface area contributed by atoms with Crippen LogP contribution in [-0.2, 0) is 9.47 Å². The van der Waals surface area contributed by atoms with Crippen LogP contribution in [0.2, 0.25) is 0 Å². The Morgan fingerprint density at radius 3 is 2.11 bits per heavy atom. The quantitative estimate of drug-likeness (QED) is 0.238. The highest BCUT2D eigenvalue weighted by Crippen LogP contribution is 2.21. The number of ether oxygens (including phenoxy) is 2. The summed E-state index contributed by atoms with van der Waals surface area (Å²) in [4.78, 5) is 0. The lowest BCUT2D eigenvalue weighted by molar-refractivity contribution is -0.0938. The van der Waals surface area contributed by atoms with Crippen LogP contribution in [0.15, 0.2) is 12.2 Å². The fourth-order valence-corrected chi connectivity index (χ4v) is 3.65. The molecule has 0 bridgehead atoms. The van der Waals surface area contributed by atoms with Crippen LogP contribution in [0, 0.1) is 0 Å². The summed E-state index contributed by atoms with van der Waals surface area (Å²) in [5.74, 6) is 0. The van der Waals surface area contributed by atoms with E-state index in [-0.39, 0.29) is 13.2 Å². The normalized spacial score (nSPS) is 23.6. The number of allylic oxidation sites excluding steroid dienone is 2. The third-order valence-corrected chi connectivity index (χ3v) is 5.45.